The van der Waals surface area contributed by atoms with E-state index >= 15 is 0 Å². The number of hydrogen-bond donors (Lipinski definition) is 3. The Morgan fingerprint density at radius 2 is 1.88 bits per heavy atom. The minimum Gasteiger partial charge on any atom is -0.497 e. The van der Waals surface area contributed by atoms with E-state index in [0.29, 0.717) is 6.42 Å². The van der Waals surface area contributed by atoms with Crippen LogP contribution in [0.25, 0.3) is 11.1 Å². The van der Waals surface area contributed by atoms with Crippen molar-refractivity contribution in [2.24, 2.45) is 0 Å². The molecule has 0 aliphatic rings. The average Bonchev–Trinajstić information content (AvgIpc) is 2.71. The summed E-state index contributed by atoms with van der Waals surface area (Å²) in [6.45, 7) is 7.80. The lowest BCUT2D eigenvalue weighted by molar-refractivity contribution is -0.155. The molecule has 1 unspecified atom stereocenters. The van der Waals surface area contributed by atoms with Crippen molar-refractivity contribution in [1.82, 2.24) is 11.0 Å². The molecule has 0 aromatic heterocycles. The van der Waals surface area contributed by atoms with Crippen molar-refractivity contribution in [1.29, 1.82) is 0 Å². The van der Waals surface area contributed by atoms with Crippen LogP contribution in [0.5, 0.6) is 5.75 Å². The molecule has 0 aliphatic heterocycles. The van der Waals surface area contributed by atoms with Gasteiger partial charge in [0.15, 0.2) is 0 Å². The van der Waals surface area contributed by atoms with Crippen LogP contribution in [0.1, 0.15) is 38.3 Å². The van der Waals surface area contributed by atoms with E-state index in [1.54, 1.807) is 7.11 Å². The molecule has 176 valence electrons. The Morgan fingerprint density at radius 3 is 2.47 bits per heavy atom. The molecule has 0 saturated heterocycles. The summed E-state index contributed by atoms with van der Waals surface area (Å²) in [5.41, 5.74) is 6.27. The minimum atomic E-state index is -0.569. The second-order valence-electron chi connectivity index (χ2n) is 8.50. The second-order valence-corrected chi connectivity index (χ2v) is 8.99. The lowest BCUT2D eigenvalue weighted by atomic mass is 9.96. The van der Waals surface area contributed by atoms with Crippen molar-refractivity contribution < 1.29 is 23.9 Å². The maximum absolute atomic E-state index is 12.2. The van der Waals surface area contributed by atoms with E-state index in [1.165, 1.54) is 12.7 Å². The molecule has 0 saturated carbocycles. The van der Waals surface area contributed by atoms with Crippen molar-refractivity contribution in [3.05, 3.63) is 47.5 Å². The van der Waals surface area contributed by atoms with Crippen LogP contribution >= 0.6 is 12.6 Å². The van der Waals surface area contributed by atoms with Gasteiger partial charge in [0.2, 0.25) is 0 Å². The molecule has 0 heterocycles. The normalized spacial score (nSPS) is 12.3. The molecule has 32 heavy (non-hydrogen) atoms. The Balaban J connectivity index is 2.07. The molecule has 7 nitrogen and oxygen atoms in total. The first-order valence-electron chi connectivity index (χ1n) is 10.5. The molecular weight excluding hydrogens is 428 g/mol. The third-order valence-corrected chi connectivity index (χ3v) is 5.14. The largest absolute Gasteiger partial charge is 0.497 e. The summed E-state index contributed by atoms with van der Waals surface area (Å²) in [6.07, 6.45) is 0.959. The molecule has 2 rings (SSSR count). The van der Waals surface area contributed by atoms with E-state index in [4.69, 9.17) is 19.1 Å². The molecule has 1 amide bonds. The molecular formula is C24H34N2O5S. The zero-order chi connectivity index (χ0) is 23.7. The molecule has 2 N–H and O–H groups in total. The number of benzene rings is 2. The Kier molecular flexibility index (Phi) is 9.84. The van der Waals surface area contributed by atoms with Gasteiger partial charge in [0.05, 0.1) is 26.9 Å². The maximum Gasteiger partial charge on any atom is 0.407 e. The van der Waals surface area contributed by atoms with Crippen molar-refractivity contribution >= 4 is 18.7 Å². The topological polar surface area (TPSA) is 78.0 Å². The average molecular weight is 463 g/mol. The number of rotatable bonds is 10. The quantitative estimate of drug-likeness (QED) is 0.266. The van der Waals surface area contributed by atoms with E-state index in [1.807, 2.05) is 39.0 Å². The molecule has 2 aromatic rings. The van der Waals surface area contributed by atoms with Crippen molar-refractivity contribution in [3.8, 4) is 16.9 Å². The van der Waals surface area contributed by atoms with Crippen LogP contribution in [0, 0.1) is 6.92 Å². The lowest BCUT2D eigenvalue weighted by Gasteiger charge is -2.23. The Bertz CT molecular complexity index is 898. The number of carbonyl (C=O) groups is 1. The van der Waals surface area contributed by atoms with Crippen LogP contribution in [-0.2, 0) is 20.8 Å². The summed E-state index contributed by atoms with van der Waals surface area (Å²) in [5, 5.41) is 2.87. The predicted molar refractivity (Wildman–Crippen MR) is 128 cm³/mol. The van der Waals surface area contributed by atoms with Gasteiger partial charge >= 0.3 is 6.09 Å². The summed E-state index contributed by atoms with van der Waals surface area (Å²) in [6, 6.07) is 11.9. The summed E-state index contributed by atoms with van der Waals surface area (Å²) in [5.74, 6) is 0.779. The Morgan fingerprint density at radius 1 is 1.12 bits per heavy atom. The molecule has 0 bridgehead atoms. The number of aryl methyl sites for hydroxylation is 2. The molecule has 2 aromatic carbocycles. The minimum absolute atomic E-state index is 0.235. The number of methoxy groups -OCH3 is 1. The highest BCUT2D eigenvalue weighted by Crippen LogP contribution is 2.31. The molecule has 0 spiro atoms. The van der Waals surface area contributed by atoms with Gasteiger partial charge in [0.1, 0.15) is 11.4 Å². The Hall–Kier alpha value is -2.26. The highest BCUT2D eigenvalue weighted by molar-refractivity contribution is 7.80. The van der Waals surface area contributed by atoms with Crippen LogP contribution in [0.4, 0.5) is 4.79 Å². The third-order valence-electron chi connectivity index (χ3n) is 4.77. The number of nitrogens with one attached hydrogen (secondary N) is 2. The van der Waals surface area contributed by atoms with Crippen molar-refractivity contribution in [2.45, 2.75) is 57.1 Å². The molecule has 1 atom stereocenters. The molecule has 0 fully saturated rings. The fourth-order valence-electron chi connectivity index (χ4n) is 3.22. The molecule has 0 radical (unpaired) electrons. The zero-order valence-electron chi connectivity index (χ0n) is 19.7. The van der Waals surface area contributed by atoms with E-state index in [0.717, 1.165) is 33.8 Å². The highest BCUT2D eigenvalue weighted by Gasteiger charge is 2.20. The number of alkyl carbamates (subject to hydrolysis) is 1. The van der Waals surface area contributed by atoms with E-state index in [2.05, 4.69) is 48.7 Å². The number of thiol groups is 1. The van der Waals surface area contributed by atoms with E-state index < -0.39 is 11.7 Å². The summed E-state index contributed by atoms with van der Waals surface area (Å²) < 4.78 is 10.6. The van der Waals surface area contributed by atoms with Gasteiger partial charge in [-0.2, -0.15) is 0 Å². The van der Waals surface area contributed by atoms with Crippen LogP contribution in [0.15, 0.2) is 41.3 Å². The fourth-order valence-corrected chi connectivity index (χ4v) is 3.55. The first-order chi connectivity index (χ1) is 15.1. The van der Waals surface area contributed by atoms with E-state index in [-0.39, 0.29) is 12.6 Å². The van der Waals surface area contributed by atoms with Crippen LogP contribution in [0.2, 0.25) is 0 Å². The first-order valence-corrected chi connectivity index (χ1v) is 10.9. The van der Waals surface area contributed by atoms with Gasteiger partial charge in [-0.15, -0.1) is 12.6 Å². The standard InChI is InChI=1S/C24H34N2O5S/c1-16-13-18(21-12-11-20(28-5)14-22(21)32)8-7-17(16)9-10-19(15-30-26-29-6)25-23(27)31-24(2,3)4/h7-8,11-14,19,26,32H,9-10,15H2,1-6H3,(H,25,27). The fraction of sp³-hybridized carbons (Fsp3) is 0.458. The second kappa shape index (κ2) is 12.1. The molecule has 8 heteroatoms. The number of amides is 1. The lowest BCUT2D eigenvalue weighted by Crippen LogP contribution is -2.42. The summed E-state index contributed by atoms with van der Waals surface area (Å²) in [4.78, 5) is 23.0. The van der Waals surface area contributed by atoms with Gasteiger partial charge in [0, 0.05) is 4.90 Å². The Labute approximate surface area is 196 Å². The van der Waals surface area contributed by atoms with Crippen LogP contribution in [0.3, 0.4) is 0 Å². The van der Waals surface area contributed by atoms with Gasteiger partial charge in [0.25, 0.3) is 0 Å². The van der Waals surface area contributed by atoms with Gasteiger partial charge < -0.3 is 14.8 Å². The highest BCUT2D eigenvalue weighted by atomic mass is 32.1. The summed E-state index contributed by atoms with van der Waals surface area (Å²) in [7, 11) is 3.10. The third kappa shape index (κ3) is 8.35. The van der Waals surface area contributed by atoms with Crippen molar-refractivity contribution in [3.63, 3.8) is 0 Å². The molecule has 0 aliphatic carbocycles. The first kappa shape index (κ1) is 26.0. The van der Waals surface area contributed by atoms with Gasteiger partial charge in [-0.25, -0.2) is 4.79 Å². The monoisotopic (exact) mass is 462 g/mol. The maximum atomic E-state index is 12.2. The van der Waals surface area contributed by atoms with Gasteiger partial charge in [-0.3, -0.25) is 9.68 Å². The number of hydrogen-bond acceptors (Lipinski definition) is 7. The van der Waals surface area contributed by atoms with Crippen molar-refractivity contribution in [2.75, 3.05) is 20.8 Å². The van der Waals surface area contributed by atoms with Crippen LogP contribution < -0.4 is 15.7 Å². The summed E-state index contributed by atoms with van der Waals surface area (Å²) >= 11 is 4.60. The predicted octanol–water partition coefficient (Wildman–Crippen LogP) is 4.87. The number of ether oxygens (including phenoxy) is 2. The number of carbonyl (C=O) groups excluding carboxylic acids is 1. The van der Waals surface area contributed by atoms with Gasteiger partial charge in [-0.1, -0.05) is 23.8 Å². The van der Waals surface area contributed by atoms with E-state index in [9.17, 15) is 4.79 Å². The smallest absolute Gasteiger partial charge is 0.407 e. The van der Waals surface area contributed by atoms with Gasteiger partial charge in [-0.05, 0) is 81.0 Å². The van der Waals surface area contributed by atoms with Crippen LogP contribution in [-0.4, -0.2) is 38.6 Å². The SMILES string of the molecule is CONOCC(CCc1ccc(-c2ccc(OC)cc2S)cc1C)NC(=O)OC(C)(C)C. The zero-order valence-corrected chi connectivity index (χ0v) is 20.5.